The van der Waals surface area contributed by atoms with Crippen LogP contribution in [0.5, 0.6) is 0 Å². The van der Waals surface area contributed by atoms with Crippen molar-refractivity contribution in [2.24, 2.45) is 0 Å². The average molecular weight is 239 g/mol. The second-order valence-corrected chi connectivity index (χ2v) is 3.70. The summed E-state index contributed by atoms with van der Waals surface area (Å²) >= 11 is 5.88. The van der Waals surface area contributed by atoms with Gasteiger partial charge in [0.25, 0.3) is 0 Å². The first kappa shape index (κ1) is 10.8. The molecule has 1 aromatic heterocycles. The van der Waals surface area contributed by atoms with E-state index in [1.807, 2.05) is 0 Å². The summed E-state index contributed by atoms with van der Waals surface area (Å²) in [6.07, 6.45) is 2.38. The molecule has 3 nitrogen and oxygen atoms in total. The average Bonchev–Trinajstić information content (AvgIpc) is 2.71. The van der Waals surface area contributed by atoms with E-state index in [0.29, 0.717) is 22.6 Å². The zero-order valence-corrected chi connectivity index (χ0v) is 8.96. The van der Waals surface area contributed by atoms with Crippen molar-refractivity contribution in [1.82, 2.24) is 9.97 Å². The lowest BCUT2D eigenvalue weighted by molar-refractivity contribution is 0.111. The zero-order chi connectivity index (χ0) is 11.5. The van der Waals surface area contributed by atoms with Crippen LogP contribution in [-0.4, -0.2) is 16.3 Å². The molecule has 2 rings (SSSR count). The lowest BCUT2D eigenvalue weighted by atomic mass is 10.1. The molecule has 0 unspecified atom stereocenters. The van der Waals surface area contributed by atoms with Gasteiger partial charge in [0, 0.05) is 28.9 Å². The molecule has 1 aromatic carbocycles. The Balaban J connectivity index is 2.29. The van der Waals surface area contributed by atoms with Crippen LogP contribution in [0.2, 0.25) is 5.02 Å². The molecule has 16 heavy (non-hydrogen) atoms. The van der Waals surface area contributed by atoms with E-state index >= 15 is 0 Å². The molecule has 0 aliphatic heterocycles. The third-order valence-electron chi connectivity index (χ3n) is 2.19. The van der Waals surface area contributed by atoms with Gasteiger partial charge in [-0.2, -0.15) is 0 Å². The van der Waals surface area contributed by atoms with Crippen LogP contribution in [0, 0.1) is 5.82 Å². The number of rotatable bonds is 3. The van der Waals surface area contributed by atoms with Gasteiger partial charge in [0.05, 0.1) is 0 Å². The highest BCUT2D eigenvalue weighted by Gasteiger charge is 2.09. The van der Waals surface area contributed by atoms with Gasteiger partial charge in [0.15, 0.2) is 12.1 Å². The van der Waals surface area contributed by atoms with Gasteiger partial charge >= 0.3 is 0 Å². The molecule has 0 radical (unpaired) electrons. The second kappa shape index (κ2) is 4.45. The van der Waals surface area contributed by atoms with Crippen molar-refractivity contribution < 1.29 is 9.18 Å². The minimum Gasteiger partial charge on any atom is -0.339 e. The molecule has 0 aliphatic carbocycles. The van der Waals surface area contributed by atoms with Gasteiger partial charge < -0.3 is 4.98 Å². The van der Waals surface area contributed by atoms with Gasteiger partial charge in [-0.15, -0.1) is 0 Å². The lowest BCUT2D eigenvalue weighted by Crippen LogP contribution is -1.94. The maximum absolute atomic E-state index is 13.4. The number of nitrogens with zero attached hydrogens (tertiary/aromatic N) is 1. The Labute approximate surface area is 96.3 Å². The fraction of sp³-hybridized carbons (Fsp3) is 0.0909. The monoisotopic (exact) mass is 238 g/mol. The molecule has 0 aliphatic rings. The summed E-state index contributed by atoms with van der Waals surface area (Å²) in [6.45, 7) is 0. The maximum Gasteiger partial charge on any atom is 0.185 e. The molecular weight excluding hydrogens is 231 g/mol. The summed E-state index contributed by atoms with van der Waals surface area (Å²) in [5, 5.41) is 0.363. The fourth-order valence-electron chi connectivity index (χ4n) is 1.42. The van der Waals surface area contributed by atoms with E-state index < -0.39 is 0 Å². The zero-order valence-electron chi connectivity index (χ0n) is 8.21. The number of H-pyrrole nitrogens is 1. The molecule has 0 saturated carbocycles. The minimum atomic E-state index is -0.366. The fourth-order valence-corrected chi connectivity index (χ4v) is 1.65. The third-order valence-corrected chi connectivity index (χ3v) is 2.54. The first-order valence-electron chi connectivity index (χ1n) is 4.62. The van der Waals surface area contributed by atoms with Gasteiger partial charge in [-0.05, 0) is 12.1 Å². The normalized spacial score (nSPS) is 10.4. The third kappa shape index (κ3) is 2.12. The maximum atomic E-state index is 13.4. The summed E-state index contributed by atoms with van der Waals surface area (Å²) in [4.78, 5) is 17.0. The number of carbonyl (C=O) groups is 1. The Morgan fingerprint density at radius 3 is 2.94 bits per heavy atom. The van der Waals surface area contributed by atoms with Gasteiger partial charge in [-0.25, -0.2) is 9.37 Å². The molecule has 0 amide bonds. The number of halogens is 2. The van der Waals surface area contributed by atoms with E-state index in [9.17, 15) is 9.18 Å². The quantitative estimate of drug-likeness (QED) is 0.836. The summed E-state index contributed by atoms with van der Waals surface area (Å²) < 4.78 is 13.4. The van der Waals surface area contributed by atoms with Crippen LogP contribution >= 0.6 is 11.6 Å². The number of benzene rings is 1. The number of imidazole rings is 1. The Morgan fingerprint density at radius 2 is 2.31 bits per heavy atom. The van der Waals surface area contributed by atoms with Gasteiger partial charge in [-0.1, -0.05) is 17.7 Å². The van der Waals surface area contributed by atoms with Crippen LogP contribution in [0.1, 0.15) is 21.9 Å². The highest BCUT2D eigenvalue weighted by Crippen LogP contribution is 2.21. The molecule has 82 valence electrons. The summed E-state index contributed by atoms with van der Waals surface area (Å²) in [5.41, 5.74) is 1.04. The van der Waals surface area contributed by atoms with Crippen molar-refractivity contribution in [2.45, 2.75) is 6.42 Å². The number of hydrogen-bond acceptors (Lipinski definition) is 2. The van der Waals surface area contributed by atoms with Crippen LogP contribution in [-0.2, 0) is 6.42 Å². The van der Waals surface area contributed by atoms with E-state index in [1.54, 1.807) is 12.1 Å². The number of nitrogens with one attached hydrogen (secondary N) is 1. The predicted octanol–water partition coefficient (Wildman–Crippen LogP) is 2.61. The van der Waals surface area contributed by atoms with Gasteiger partial charge in [0.1, 0.15) is 5.82 Å². The molecule has 1 N–H and O–H groups in total. The van der Waals surface area contributed by atoms with Crippen LogP contribution in [0.25, 0.3) is 0 Å². The largest absolute Gasteiger partial charge is 0.339 e. The Hall–Kier alpha value is -1.68. The van der Waals surface area contributed by atoms with Crippen molar-refractivity contribution in [1.29, 1.82) is 0 Å². The molecule has 2 aromatic rings. The smallest absolute Gasteiger partial charge is 0.185 e. The number of carbonyl (C=O) groups excluding carboxylic acids is 1. The van der Waals surface area contributed by atoms with E-state index in [2.05, 4.69) is 9.97 Å². The van der Waals surface area contributed by atoms with E-state index in [4.69, 9.17) is 11.6 Å². The number of hydrogen-bond donors (Lipinski definition) is 1. The van der Waals surface area contributed by atoms with Crippen LogP contribution in [0.4, 0.5) is 4.39 Å². The van der Waals surface area contributed by atoms with Crippen molar-refractivity contribution in [2.75, 3.05) is 0 Å². The number of aromatic nitrogens is 2. The first-order chi connectivity index (χ1) is 7.70. The van der Waals surface area contributed by atoms with Gasteiger partial charge in [-0.3, -0.25) is 4.79 Å². The number of aldehydes is 1. The number of aromatic amines is 1. The van der Waals surface area contributed by atoms with Crippen molar-refractivity contribution in [3.05, 3.63) is 52.3 Å². The van der Waals surface area contributed by atoms with Crippen molar-refractivity contribution >= 4 is 17.9 Å². The lowest BCUT2D eigenvalue weighted by Gasteiger charge is -2.03. The molecule has 1 heterocycles. The molecule has 0 saturated heterocycles. The van der Waals surface area contributed by atoms with Gasteiger partial charge in [0.2, 0.25) is 0 Å². The predicted molar refractivity (Wildman–Crippen MR) is 58.2 cm³/mol. The van der Waals surface area contributed by atoms with Crippen LogP contribution < -0.4 is 0 Å². The minimum absolute atomic E-state index is 0.225. The Bertz CT molecular complexity index is 504. The van der Waals surface area contributed by atoms with Crippen LogP contribution in [0.3, 0.4) is 0 Å². The summed E-state index contributed by atoms with van der Waals surface area (Å²) in [7, 11) is 0. The molecule has 5 heteroatoms. The Kier molecular flexibility index (Phi) is 3.01. The highest BCUT2D eigenvalue weighted by molar-refractivity contribution is 6.31. The van der Waals surface area contributed by atoms with E-state index in [0.717, 1.165) is 0 Å². The molecule has 0 bridgehead atoms. The van der Waals surface area contributed by atoms with E-state index in [-0.39, 0.29) is 18.1 Å². The topological polar surface area (TPSA) is 45.8 Å². The summed E-state index contributed by atoms with van der Waals surface area (Å²) in [5.74, 6) is -0.141. The first-order valence-corrected chi connectivity index (χ1v) is 5.00. The molecule has 0 fully saturated rings. The SMILES string of the molecule is O=Cc1ncc(Cc2c(F)cccc2Cl)[nH]1. The van der Waals surface area contributed by atoms with Crippen LogP contribution in [0.15, 0.2) is 24.4 Å². The standard InChI is InChI=1S/C11H8ClFN2O/c12-9-2-1-3-10(13)8(9)4-7-5-14-11(6-16)15-7/h1-3,5-6H,4H2,(H,14,15). The second-order valence-electron chi connectivity index (χ2n) is 3.29. The van der Waals surface area contributed by atoms with Crippen molar-refractivity contribution in [3.8, 4) is 0 Å². The summed E-state index contributed by atoms with van der Waals surface area (Å²) in [6, 6.07) is 4.51. The molecular formula is C11H8ClFN2O. The Morgan fingerprint density at radius 1 is 1.50 bits per heavy atom. The molecule has 0 atom stereocenters. The molecule has 0 spiro atoms. The van der Waals surface area contributed by atoms with E-state index in [1.165, 1.54) is 12.3 Å². The highest BCUT2D eigenvalue weighted by atomic mass is 35.5. The van der Waals surface area contributed by atoms with Crippen molar-refractivity contribution in [3.63, 3.8) is 0 Å².